The molecule has 0 aromatic rings. The Balaban J connectivity index is 0. The Bertz CT molecular complexity index is 193. The lowest BCUT2D eigenvalue weighted by Crippen LogP contribution is -2.43. The highest BCUT2D eigenvalue weighted by Gasteiger charge is 2.22. The van der Waals surface area contributed by atoms with Gasteiger partial charge in [-0.25, -0.2) is 0 Å². The van der Waals surface area contributed by atoms with E-state index in [2.05, 4.69) is 6.92 Å². The van der Waals surface area contributed by atoms with Crippen molar-refractivity contribution in [3.05, 3.63) is 0 Å². The third-order valence-corrected chi connectivity index (χ3v) is 2.84. The van der Waals surface area contributed by atoms with Gasteiger partial charge in [0.05, 0.1) is 12.5 Å². The van der Waals surface area contributed by atoms with Crippen molar-refractivity contribution >= 4 is 18.3 Å². The molecular weight excluding hydrogens is 240 g/mol. The number of nitrogens with two attached hydrogens (primary N) is 1. The van der Waals surface area contributed by atoms with E-state index in [4.69, 9.17) is 10.5 Å². The predicted octanol–water partition coefficient (Wildman–Crippen LogP) is 1.67. The Kier molecular flexibility index (Phi) is 12.1. The molecule has 1 amide bonds. The summed E-state index contributed by atoms with van der Waals surface area (Å²) < 4.78 is 5.02. The van der Waals surface area contributed by atoms with Crippen molar-refractivity contribution in [1.29, 1.82) is 0 Å². The molecule has 2 atom stereocenters. The van der Waals surface area contributed by atoms with Crippen molar-refractivity contribution in [3.63, 3.8) is 0 Å². The Labute approximate surface area is 111 Å². The zero-order valence-corrected chi connectivity index (χ0v) is 12.3. The lowest BCUT2D eigenvalue weighted by atomic mass is 10.0. The van der Waals surface area contributed by atoms with Gasteiger partial charge >= 0.3 is 0 Å². The lowest BCUT2D eigenvalue weighted by Gasteiger charge is -2.27. The zero-order chi connectivity index (χ0) is 12.6. The van der Waals surface area contributed by atoms with E-state index < -0.39 is 0 Å². The molecule has 2 N–H and O–H groups in total. The predicted molar refractivity (Wildman–Crippen MR) is 73.4 cm³/mol. The Morgan fingerprint density at radius 3 is 2.35 bits per heavy atom. The van der Waals surface area contributed by atoms with Crippen LogP contribution in [0.1, 0.15) is 33.6 Å². The molecule has 2 unspecified atom stereocenters. The van der Waals surface area contributed by atoms with E-state index in [1.54, 1.807) is 7.11 Å². The first-order chi connectivity index (χ1) is 7.54. The molecule has 4 nitrogen and oxygen atoms in total. The van der Waals surface area contributed by atoms with Crippen LogP contribution in [0.5, 0.6) is 0 Å². The van der Waals surface area contributed by atoms with Crippen LogP contribution >= 0.6 is 12.4 Å². The summed E-state index contributed by atoms with van der Waals surface area (Å²) in [7, 11) is 1.65. The molecule has 0 saturated carbocycles. The van der Waals surface area contributed by atoms with Gasteiger partial charge in [0.1, 0.15) is 0 Å². The van der Waals surface area contributed by atoms with E-state index in [1.807, 2.05) is 18.7 Å². The SMILES string of the molecule is CCCCN(CCOC)C(=O)C(C)C(C)N.Cl. The van der Waals surface area contributed by atoms with Crippen LogP contribution in [0, 0.1) is 5.92 Å². The average Bonchev–Trinajstić information content (AvgIpc) is 2.27. The van der Waals surface area contributed by atoms with Crippen LogP contribution in [0.2, 0.25) is 0 Å². The molecule has 17 heavy (non-hydrogen) atoms. The molecule has 0 rings (SSSR count). The first kappa shape index (κ1) is 19.0. The highest BCUT2D eigenvalue weighted by molar-refractivity contribution is 5.85. The maximum Gasteiger partial charge on any atom is 0.227 e. The minimum atomic E-state index is -0.117. The molecule has 0 aliphatic carbocycles. The largest absolute Gasteiger partial charge is 0.383 e. The number of amides is 1. The lowest BCUT2D eigenvalue weighted by molar-refractivity contribution is -0.136. The number of hydrogen-bond acceptors (Lipinski definition) is 3. The van der Waals surface area contributed by atoms with Gasteiger partial charge in [-0.2, -0.15) is 0 Å². The summed E-state index contributed by atoms with van der Waals surface area (Å²) in [6.45, 7) is 7.92. The van der Waals surface area contributed by atoms with Crippen LogP contribution in [0.25, 0.3) is 0 Å². The second kappa shape index (κ2) is 10.8. The molecule has 0 aliphatic heterocycles. The first-order valence-electron chi connectivity index (χ1n) is 6.07. The molecular formula is C12H27ClN2O2. The number of nitrogens with zero attached hydrogens (tertiary/aromatic N) is 1. The number of ether oxygens (including phenoxy) is 1. The summed E-state index contributed by atoms with van der Waals surface area (Å²) in [6.07, 6.45) is 2.12. The Morgan fingerprint density at radius 2 is 1.94 bits per heavy atom. The van der Waals surface area contributed by atoms with Gasteiger partial charge in [0, 0.05) is 26.2 Å². The standard InChI is InChI=1S/C12H26N2O2.ClH/c1-5-6-7-14(8-9-16-4)12(15)10(2)11(3)13;/h10-11H,5-9,13H2,1-4H3;1H. The normalized spacial score (nSPS) is 13.7. The van der Waals surface area contributed by atoms with E-state index in [-0.39, 0.29) is 30.3 Å². The van der Waals surface area contributed by atoms with E-state index in [9.17, 15) is 4.79 Å². The number of carbonyl (C=O) groups excluding carboxylic acids is 1. The monoisotopic (exact) mass is 266 g/mol. The van der Waals surface area contributed by atoms with Crippen LogP contribution in [0.3, 0.4) is 0 Å². The smallest absolute Gasteiger partial charge is 0.227 e. The fraction of sp³-hybridized carbons (Fsp3) is 0.917. The van der Waals surface area contributed by atoms with Gasteiger partial charge < -0.3 is 15.4 Å². The van der Waals surface area contributed by atoms with E-state index in [0.29, 0.717) is 13.2 Å². The third-order valence-electron chi connectivity index (χ3n) is 2.84. The van der Waals surface area contributed by atoms with Gasteiger partial charge in [0.15, 0.2) is 0 Å². The van der Waals surface area contributed by atoms with Crippen molar-refractivity contribution < 1.29 is 9.53 Å². The van der Waals surface area contributed by atoms with Crippen LogP contribution in [-0.4, -0.2) is 43.7 Å². The fourth-order valence-corrected chi connectivity index (χ4v) is 1.40. The quantitative estimate of drug-likeness (QED) is 0.727. The zero-order valence-electron chi connectivity index (χ0n) is 11.4. The highest BCUT2D eigenvalue weighted by Crippen LogP contribution is 2.07. The summed E-state index contributed by atoms with van der Waals surface area (Å²) in [5.74, 6) is 0.0224. The number of hydrogen-bond donors (Lipinski definition) is 1. The van der Waals surface area contributed by atoms with E-state index in [1.165, 1.54) is 0 Å². The topological polar surface area (TPSA) is 55.6 Å². The van der Waals surface area contributed by atoms with Gasteiger partial charge in [-0.3, -0.25) is 4.79 Å². The van der Waals surface area contributed by atoms with Crippen molar-refractivity contribution in [1.82, 2.24) is 4.90 Å². The van der Waals surface area contributed by atoms with Gasteiger partial charge in [0.2, 0.25) is 5.91 Å². The number of methoxy groups -OCH3 is 1. The minimum absolute atomic E-state index is 0. The molecule has 0 spiro atoms. The summed E-state index contributed by atoms with van der Waals surface area (Å²) in [5, 5.41) is 0. The van der Waals surface area contributed by atoms with Crippen molar-refractivity contribution in [2.75, 3.05) is 26.8 Å². The number of halogens is 1. The van der Waals surface area contributed by atoms with Crippen LogP contribution < -0.4 is 5.73 Å². The van der Waals surface area contributed by atoms with E-state index >= 15 is 0 Å². The molecule has 104 valence electrons. The molecule has 0 aliphatic rings. The third kappa shape index (κ3) is 7.58. The molecule has 0 heterocycles. The first-order valence-corrected chi connectivity index (χ1v) is 6.07. The van der Waals surface area contributed by atoms with Crippen molar-refractivity contribution in [3.8, 4) is 0 Å². The summed E-state index contributed by atoms with van der Waals surface area (Å²) >= 11 is 0. The van der Waals surface area contributed by atoms with Crippen LogP contribution in [0.4, 0.5) is 0 Å². The van der Waals surface area contributed by atoms with Crippen molar-refractivity contribution in [2.24, 2.45) is 11.7 Å². The summed E-state index contributed by atoms with van der Waals surface area (Å²) in [4.78, 5) is 13.9. The Hall–Kier alpha value is -0.320. The van der Waals surface area contributed by atoms with Gasteiger partial charge in [-0.15, -0.1) is 12.4 Å². The molecule has 5 heteroatoms. The van der Waals surface area contributed by atoms with Crippen LogP contribution in [-0.2, 0) is 9.53 Å². The molecule has 0 aromatic carbocycles. The number of carbonyl (C=O) groups is 1. The minimum Gasteiger partial charge on any atom is -0.383 e. The number of rotatable bonds is 8. The van der Waals surface area contributed by atoms with Gasteiger partial charge in [-0.1, -0.05) is 20.3 Å². The second-order valence-electron chi connectivity index (χ2n) is 4.32. The molecule has 0 aromatic heterocycles. The summed E-state index contributed by atoms with van der Waals surface area (Å²) in [6, 6.07) is -0.0980. The van der Waals surface area contributed by atoms with E-state index in [0.717, 1.165) is 19.4 Å². The maximum atomic E-state index is 12.1. The van der Waals surface area contributed by atoms with Gasteiger partial charge in [0.25, 0.3) is 0 Å². The second-order valence-corrected chi connectivity index (χ2v) is 4.32. The maximum absolute atomic E-state index is 12.1. The summed E-state index contributed by atoms with van der Waals surface area (Å²) in [5.41, 5.74) is 5.75. The average molecular weight is 267 g/mol. The molecule has 0 radical (unpaired) electrons. The van der Waals surface area contributed by atoms with Crippen LogP contribution in [0.15, 0.2) is 0 Å². The number of unbranched alkanes of at least 4 members (excludes halogenated alkanes) is 1. The Morgan fingerprint density at radius 1 is 1.35 bits per heavy atom. The fourth-order valence-electron chi connectivity index (χ4n) is 1.40. The highest BCUT2D eigenvalue weighted by atomic mass is 35.5. The molecule has 0 saturated heterocycles. The molecule has 0 bridgehead atoms. The van der Waals surface area contributed by atoms with Gasteiger partial charge in [-0.05, 0) is 13.3 Å². The van der Waals surface area contributed by atoms with Crippen molar-refractivity contribution in [2.45, 2.75) is 39.7 Å². The molecule has 0 fully saturated rings.